The minimum atomic E-state index is -0.823. The number of hydrogen-bond acceptors (Lipinski definition) is 2. The molecule has 2 atom stereocenters. The van der Waals surface area contributed by atoms with Gasteiger partial charge < -0.3 is 6.53 Å². The van der Waals surface area contributed by atoms with Crippen molar-refractivity contribution in [2.45, 2.75) is 18.8 Å². The maximum atomic E-state index is 13.9. The van der Waals surface area contributed by atoms with Gasteiger partial charge in [-0.15, -0.1) is 0 Å². The van der Waals surface area contributed by atoms with E-state index in [4.69, 9.17) is 5.11 Å². The maximum Gasteiger partial charge on any atom is 1.00 e. The molecule has 128 valence electrons. The van der Waals surface area contributed by atoms with Crippen LogP contribution in [0, 0.1) is 11.7 Å². The summed E-state index contributed by atoms with van der Waals surface area (Å²) in [6.45, 7) is 0.704. The van der Waals surface area contributed by atoms with Crippen LogP contribution in [-0.2, 0) is 11.2 Å². The Bertz CT molecular complexity index is 729. The zero-order valence-corrected chi connectivity index (χ0v) is 14.8. The van der Waals surface area contributed by atoms with E-state index in [1.165, 1.54) is 11.6 Å². The Kier molecular flexibility index (Phi) is 6.84. The van der Waals surface area contributed by atoms with Gasteiger partial charge >= 0.3 is 24.8 Å². The van der Waals surface area contributed by atoms with Crippen molar-refractivity contribution in [1.82, 2.24) is 4.90 Å². The molecule has 1 N–H and O–H groups in total. The van der Waals surface area contributed by atoms with Crippen LogP contribution in [0.3, 0.4) is 0 Å². The summed E-state index contributed by atoms with van der Waals surface area (Å²) in [6, 6.07) is 15.2. The first kappa shape index (κ1) is 19.7. The van der Waals surface area contributed by atoms with Gasteiger partial charge in [0.2, 0.25) is 0 Å². The minimum absolute atomic E-state index is 0. The Balaban J connectivity index is 0.00000169. The molecule has 3 rings (SSSR count). The number of aryl methyl sites for hydroxylation is 1. The van der Waals surface area contributed by atoms with Crippen LogP contribution in [0.2, 0.25) is 0 Å². The van der Waals surface area contributed by atoms with Crippen LogP contribution >= 0.6 is 0 Å². The molecule has 0 aliphatic heterocycles. The molecule has 3 nitrogen and oxygen atoms in total. The number of aliphatic carboxylic acids is 1. The van der Waals surface area contributed by atoms with Crippen LogP contribution in [-0.4, -0.2) is 36.1 Å². The van der Waals surface area contributed by atoms with Gasteiger partial charge in [-0.05, 0) is 54.6 Å². The van der Waals surface area contributed by atoms with E-state index >= 15 is 0 Å². The molecule has 5 heteroatoms. The summed E-state index contributed by atoms with van der Waals surface area (Å²) in [6.07, 6.45) is 1.88. The summed E-state index contributed by atoms with van der Waals surface area (Å²) in [5.74, 6) is -0.668. The van der Waals surface area contributed by atoms with Crippen molar-refractivity contribution in [2.75, 3.05) is 20.1 Å². The van der Waals surface area contributed by atoms with Crippen LogP contribution < -0.4 is 18.9 Å². The predicted octanol–water partition coefficient (Wildman–Crippen LogP) is 0.653. The van der Waals surface area contributed by atoms with Crippen LogP contribution in [0.25, 0.3) is 0 Å². The molecule has 0 aromatic heterocycles. The van der Waals surface area contributed by atoms with Crippen LogP contribution in [0.5, 0.6) is 0 Å². The average Bonchev–Trinajstić information content (AvgIpc) is 2.54. The fourth-order valence-corrected chi connectivity index (χ4v) is 3.85. The fraction of sp³-hybridized carbons (Fsp3) is 0.350. The summed E-state index contributed by atoms with van der Waals surface area (Å²) in [5, 5.41) is 9.00. The Hall–Kier alpha value is -1.60. The van der Waals surface area contributed by atoms with E-state index in [2.05, 4.69) is 12.1 Å². The number of halogens is 1. The molecule has 2 unspecified atom stereocenters. The summed E-state index contributed by atoms with van der Waals surface area (Å²) in [5.41, 5.74) is 3.40. The molecule has 0 saturated heterocycles. The molecule has 2 aromatic carbocycles. The van der Waals surface area contributed by atoms with E-state index in [0.717, 1.165) is 24.0 Å². The normalized spacial score (nSPS) is 19.2. The molecule has 0 spiro atoms. The average molecular weight is 335 g/mol. The smallest absolute Gasteiger partial charge is 1.00 e. The quantitative estimate of drug-likeness (QED) is 0.816. The van der Waals surface area contributed by atoms with E-state index in [0.29, 0.717) is 6.54 Å². The third-order valence-corrected chi connectivity index (χ3v) is 4.81. The molecular formula is C20H23FLiNO2. The Morgan fingerprint density at radius 3 is 2.68 bits per heavy atom. The molecule has 25 heavy (non-hydrogen) atoms. The molecule has 1 aliphatic rings. The van der Waals surface area contributed by atoms with Gasteiger partial charge in [-0.2, -0.15) is 0 Å². The van der Waals surface area contributed by atoms with E-state index in [-0.39, 0.29) is 44.5 Å². The number of likely N-dealkylation sites (N-methyl/N-ethyl adjacent to an activating group) is 1. The molecule has 0 heterocycles. The van der Waals surface area contributed by atoms with Crippen molar-refractivity contribution in [1.29, 1.82) is 0 Å². The third-order valence-electron chi connectivity index (χ3n) is 4.81. The standard InChI is InChI=1S/C20H22FNO2.Li.H/c1-22(13-19(23)24)12-16-8-7-14-9-10-17(21)11-18(14)20(16)15-5-3-2-4-6-15;;/h2-6,9-11,16,20H,7-8,12-13H2,1H3,(H,23,24);;/q;+1;-1. The number of carbonyl (C=O) groups is 1. The van der Waals surface area contributed by atoms with Crippen LogP contribution in [0.4, 0.5) is 4.39 Å². The Labute approximate surface area is 161 Å². The predicted molar refractivity (Wildman–Crippen MR) is 92.7 cm³/mol. The number of carboxylic acid groups (broad SMARTS) is 1. The SMILES string of the molecule is CN(CC(=O)O)CC1CCc2ccc(F)cc2C1c1ccccc1.[H-].[Li+]. The van der Waals surface area contributed by atoms with Crippen molar-refractivity contribution in [2.24, 2.45) is 5.92 Å². The molecule has 1 aliphatic carbocycles. The van der Waals surface area contributed by atoms with E-state index in [9.17, 15) is 9.18 Å². The molecule has 0 saturated carbocycles. The first-order chi connectivity index (χ1) is 11.5. The maximum absolute atomic E-state index is 13.9. The van der Waals surface area contributed by atoms with E-state index < -0.39 is 5.97 Å². The molecule has 0 bridgehead atoms. The molecule has 2 aromatic rings. The van der Waals surface area contributed by atoms with Crippen LogP contribution in [0.15, 0.2) is 48.5 Å². The topological polar surface area (TPSA) is 40.5 Å². The minimum Gasteiger partial charge on any atom is -1.00 e. The van der Waals surface area contributed by atoms with Gasteiger partial charge in [-0.25, -0.2) is 4.39 Å². The van der Waals surface area contributed by atoms with Crippen LogP contribution in [0.1, 0.15) is 30.5 Å². The van der Waals surface area contributed by atoms with Crippen molar-refractivity contribution >= 4 is 5.97 Å². The zero-order chi connectivity index (χ0) is 17.1. The number of rotatable bonds is 5. The summed E-state index contributed by atoms with van der Waals surface area (Å²) in [7, 11) is 1.83. The second-order valence-electron chi connectivity index (χ2n) is 6.62. The molecule has 0 fully saturated rings. The Morgan fingerprint density at radius 1 is 1.28 bits per heavy atom. The van der Waals surface area contributed by atoms with E-state index in [1.807, 2.05) is 36.2 Å². The number of hydrogen-bond donors (Lipinski definition) is 1. The number of nitrogens with zero attached hydrogens (tertiary/aromatic N) is 1. The molecule has 0 amide bonds. The number of fused-ring (bicyclic) bond motifs is 1. The van der Waals surface area contributed by atoms with Gasteiger partial charge in [-0.1, -0.05) is 36.4 Å². The van der Waals surface area contributed by atoms with Gasteiger partial charge in [0.1, 0.15) is 5.82 Å². The first-order valence-electron chi connectivity index (χ1n) is 8.28. The molecule has 0 radical (unpaired) electrons. The third kappa shape index (κ3) is 4.73. The second kappa shape index (κ2) is 8.67. The van der Waals surface area contributed by atoms with Gasteiger partial charge in [0, 0.05) is 12.5 Å². The number of benzene rings is 2. The number of carboxylic acids is 1. The van der Waals surface area contributed by atoms with Gasteiger partial charge in [0.25, 0.3) is 0 Å². The summed E-state index contributed by atoms with van der Waals surface area (Å²) >= 11 is 0. The molecular weight excluding hydrogens is 312 g/mol. The van der Waals surface area contributed by atoms with Crippen molar-refractivity contribution in [3.05, 3.63) is 71.0 Å². The second-order valence-corrected chi connectivity index (χ2v) is 6.62. The van der Waals surface area contributed by atoms with Gasteiger partial charge in [-0.3, -0.25) is 9.69 Å². The summed E-state index contributed by atoms with van der Waals surface area (Å²) < 4.78 is 13.9. The zero-order valence-electron chi connectivity index (χ0n) is 15.8. The van der Waals surface area contributed by atoms with Gasteiger partial charge in [0.05, 0.1) is 6.54 Å². The largest absolute Gasteiger partial charge is 1.00 e. The van der Waals surface area contributed by atoms with Crippen molar-refractivity contribution < 1.29 is 34.6 Å². The fourth-order valence-electron chi connectivity index (χ4n) is 3.85. The van der Waals surface area contributed by atoms with Crippen molar-refractivity contribution in [3.63, 3.8) is 0 Å². The monoisotopic (exact) mass is 335 g/mol. The summed E-state index contributed by atoms with van der Waals surface area (Å²) in [4.78, 5) is 12.8. The van der Waals surface area contributed by atoms with E-state index in [1.54, 1.807) is 6.07 Å². The van der Waals surface area contributed by atoms with Gasteiger partial charge in [0.15, 0.2) is 0 Å². The Morgan fingerprint density at radius 2 is 2.00 bits per heavy atom. The van der Waals surface area contributed by atoms with Crippen molar-refractivity contribution in [3.8, 4) is 0 Å². The first-order valence-corrected chi connectivity index (χ1v) is 8.28.